The van der Waals surface area contributed by atoms with Gasteiger partial charge in [0.05, 0.1) is 12.2 Å². The number of amides is 1. The van der Waals surface area contributed by atoms with E-state index in [9.17, 15) is 9.59 Å². The molecule has 0 fully saturated rings. The van der Waals surface area contributed by atoms with Crippen molar-refractivity contribution >= 4 is 28.2 Å². The van der Waals surface area contributed by atoms with Crippen LogP contribution in [0.1, 0.15) is 61.3 Å². The molecule has 0 radical (unpaired) electrons. The largest absolute Gasteiger partial charge is 0.462 e. The minimum atomic E-state index is -0.298. The first-order valence-corrected chi connectivity index (χ1v) is 8.88. The Morgan fingerprint density at radius 3 is 2.77 bits per heavy atom. The topological polar surface area (TPSA) is 55.4 Å². The molecule has 0 saturated heterocycles. The van der Waals surface area contributed by atoms with Crippen molar-refractivity contribution in [3.63, 3.8) is 0 Å². The highest BCUT2D eigenvalue weighted by Crippen LogP contribution is 2.40. The van der Waals surface area contributed by atoms with Gasteiger partial charge in [0.2, 0.25) is 5.91 Å². The number of hydrogen-bond donors (Lipinski definition) is 1. The molecule has 4 nitrogen and oxygen atoms in total. The van der Waals surface area contributed by atoms with Gasteiger partial charge in [0.1, 0.15) is 5.00 Å². The fourth-order valence-corrected chi connectivity index (χ4v) is 3.98. The van der Waals surface area contributed by atoms with Crippen molar-refractivity contribution in [2.75, 3.05) is 11.9 Å². The SMILES string of the molecule is CCCOC(=O)c1c(NC(=O)C(C)C)sc2c1CCC(C)C2. The molecule has 0 bridgehead atoms. The number of nitrogens with one attached hydrogen (secondary N) is 1. The summed E-state index contributed by atoms with van der Waals surface area (Å²) in [6.45, 7) is 8.31. The summed E-state index contributed by atoms with van der Waals surface area (Å²) in [6, 6.07) is 0. The molecule has 1 aromatic heterocycles. The Labute approximate surface area is 136 Å². The van der Waals surface area contributed by atoms with Gasteiger partial charge in [0.15, 0.2) is 0 Å². The second-order valence-electron chi connectivity index (χ2n) is 6.34. The van der Waals surface area contributed by atoms with Crippen LogP contribution in [-0.2, 0) is 22.4 Å². The van der Waals surface area contributed by atoms with Gasteiger partial charge in [-0.05, 0) is 37.2 Å². The van der Waals surface area contributed by atoms with E-state index in [-0.39, 0.29) is 17.8 Å². The number of anilines is 1. The third-order valence-electron chi connectivity index (χ3n) is 3.91. The molecule has 0 saturated carbocycles. The van der Waals surface area contributed by atoms with Gasteiger partial charge in [-0.1, -0.05) is 27.7 Å². The van der Waals surface area contributed by atoms with Crippen molar-refractivity contribution in [3.8, 4) is 0 Å². The predicted molar refractivity (Wildman–Crippen MR) is 89.5 cm³/mol. The van der Waals surface area contributed by atoms with Gasteiger partial charge in [-0.25, -0.2) is 4.79 Å². The molecule has 1 aliphatic rings. The van der Waals surface area contributed by atoms with Crippen LogP contribution >= 0.6 is 11.3 Å². The van der Waals surface area contributed by atoms with Gasteiger partial charge in [-0.3, -0.25) is 4.79 Å². The van der Waals surface area contributed by atoms with E-state index in [1.807, 2.05) is 20.8 Å². The van der Waals surface area contributed by atoms with E-state index in [0.29, 0.717) is 23.1 Å². The molecular formula is C17H25NO3S. The van der Waals surface area contributed by atoms with Crippen LogP contribution in [0.5, 0.6) is 0 Å². The summed E-state index contributed by atoms with van der Waals surface area (Å²) in [5, 5.41) is 3.58. The maximum atomic E-state index is 12.4. The monoisotopic (exact) mass is 323 g/mol. The normalized spacial score (nSPS) is 17.2. The second-order valence-corrected chi connectivity index (χ2v) is 7.44. The summed E-state index contributed by atoms with van der Waals surface area (Å²) in [6.07, 6.45) is 3.74. The van der Waals surface area contributed by atoms with Crippen molar-refractivity contribution in [2.24, 2.45) is 11.8 Å². The maximum absolute atomic E-state index is 12.4. The summed E-state index contributed by atoms with van der Waals surface area (Å²) in [4.78, 5) is 25.7. The summed E-state index contributed by atoms with van der Waals surface area (Å²) in [7, 11) is 0. The number of hydrogen-bond acceptors (Lipinski definition) is 4. The molecule has 2 rings (SSSR count). The van der Waals surface area contributed by atoms with Crippen LogP contribution in [0, 0.1) is 11.8 Å². The summed E-state index contributed by atoms with van der Waals surface area (Å²) < 4.78 is 5.33. The molecule has 1 atom stereocenters. The molecule has 1 unspecified atom stereocenters. The number of thiophene rings is 1. The minimum Gasteiger partial charge on any atom is -0.462 e. The third-order valence-corrected chi connectivity index (χ3v) is 5.08. The van der Waals surface area contributed by atoms with Gasteiger partial charge in [-0.15, -0.1) is 11.3 Å². The molecule has 1 aliphatic carbocycles. The zero-order valence-corrected chi connectivity index (χ0v) is 14.6. The number of ether oxygens (including phenoxy) is 1. The smallest absolute Gasteiger partial charge is 0.341 e. The van der Waals surface area contributed by atoms with Crippen LogP contribution in [0.25, 0.3) is 0 Å². The van der Waals surface area contributed by atoms with E-state index in [0.717, 1.165) is 31.2 Å². The molecule has 22 heavy (non-hydrogen) atoms. The summed E-state index contributed by atoms with van der Waals surface area (Å²) >= 11 is 1.54. The van der Waals surface area contributed by atoms with Crippen LogP contribution in [-0.4, -0.2) is 18.5 Å². The van der Waals surface area contributed by atoms with E-state index in [1.165, 1.54) is 4.88 Å². The van der Waals surface area contributed by atoms with Crippen molar-refractivity contribution in [1.82, 2.24) is 0 Å². The number of fused-ring (bicyclic) bond motifs is 1. The standard InChI is InChI=1S/C17H25NO3S/c1-5-8-21-17(20)14-12-7-6-11(4)9-13(12)22-16(14)18-15(19)10(2)3/h10-11H,5-9H2,1-4H3,(H,18,19). The molecule has 0 spiro atoms. The van der Waals surface area contributed by atoms with Crippen LogP contribution in [0.4, 0.5) is 5.00 Å². The lowest BCUT2D eigenvalue weighted by molar-refractivity contribution is -0.118. The van der Waals surface area contributed by atoms with Gasteiger partial charge >= 0.3 is 5.97 Å². The Bertz CT molecular complexity index is 562. The first-order chi connectivity index (χ1) is 10.4. The first kappa shape index (κ1) is 17.0. The predicted octanol–water partition coefficient (Wildman–Crippen LogP) is 4.03. The third kappa shape index (κ3) is 3.69. The van der Waals surface area contributed by atoms with Crippen molar-refractivity contribution < 1.29 is 14.3 Å². The highest BCUT2D eigenvalue weighted by molar-refractivity contribution is 7.17. The summed E-state index contributed by atoms with van der Waals surface area (Å²) in [5.74, 6) is 0.154. The number of carbonyl (C=O) groups is 2. The zero-order chi connectivity index (χ0) is 16.3. The average Bonchev–Trinajstić information content (AvgIpc) is 2.81. The van der Waals surface area contributed by atoms with Gasteiger partial charge < -0.3 is 10.1 Å². The average molecular weight is 323 g/mol. The number of esters is 1. The lowest BCUT2D eigenvalue weighted by Crippen LogP contribution is -2.20. The van der Waals surface area contributed by atoms with E-state index < -0.39 is 0 Å². The van der Waals surface area contributed by atoms with Crippen molar-refractivity contribution in [2.45, 2.75) is 53.4 Å². The molecule has 122 valence electrons. The van der Waals surface area contributed by atoms with Crippen LogP contribution in [0.3, 0.4) is 0 Å². The van der Waals surface area contributed by atoms with Crippen molar-refractivity contribution in [3.05, 3.63) is 16.0 Å². The molecule has 1 heterocycles. The van der Waals surface area contributed by atoms with E-state index in [4.69, 9.17) is 4.74 Å². The van der Waals surface area contributed by atoms with Crippen molar-refractivity contribution in [1.29, 1.82) is 0 Å². The molecule has 0 aliphatic heterocycles. The lowest BCUT2D eigenvalue weighted by atomic mass is 9.88. The Morgan fingerprint density at radius 2 is 2.14 bits per heavy atom. The Hall–Kier alpha value is -1.36. The van der Waals surface area contributed by atoms with Gasteiger partial charge in [0.25, 0.3) is 0 Å². The van der Waals surface area contributed by atoms with E-state index in [2.05, 4.69) is 12.2 Å². The highest BCUT2D eigenvalue weighted by Gasteiger charge is 2.29. The van der Waals surface area contributed by atoms with Gasteiger partial charge in [0, 0.05) is 10.8 Å². The molecule has 0 aromatic carbocycles. The Balaban J connectivity index is 2.34. The highest BCUT2D eigenvalue weighted by atomic mass is 32.1. The lowest BCUT2D eigenvalue weighted by Gasteiger charge is -2.18. The minimum absolute atomic E-state index is 0.0591. The molecule has 5 heteroatoms. The zero-order valence-electron chi connectivity index (χ0n) is 13.8. The number of rotatable bonds is 5. The summed E-state index contributed by atoms with van der Waals surface area (Å²) in [5.41, 5.74) is 1.68. The molecule has 1 N–H and O–H groups in total. The first-order valence-electron chi connectivity index (χ1n) is 8.06. The second kappa shape index (κ2) is 7.27. The van der Waals surface area contributed by atoms with E-state index in [1.54, 1.807) is 11.3 Å². The van der Waals surface area contributed by atoms with E-state index >= 15 is 0 Å². The molecule has 1 aromatic rings. The van der Waals surface area contributed by atoms with Crippen LogP contribution in [0.2, 0.25) is 0 Å². The fourth-order valence-electron chi connectivity index (χ4n) is 2.58. The maximum Gasteiger partial charge on any atom is 0.341 e. The van der Waals surface area contributed by atoms with Crippen LogP contribution in [0.15, 0.2) is 0 Å². The fraction of sp³-hybridized carbons (Fsp3) is 0.647. The molecular weight excluding hydrogens is 298 g/mol. The Kier molecular flexibility index (Phi) is 5.62. The molecule has 1 amide bonds. The quantitative estimate of drug-likeness (QED) is 0.832. The van der Waals surface area contributed by atoms with Gasteiger partial charge in [-0.2, -0.15) is 0 Å². The Morgan fingerprint density at radius 1 is 1.41 bits per heavy atom. The number of carbonyl (C=O) groups excluding carboxylic acids is 2. The van der Waals surface area contributed by atoms with Crippen LogP contribution < -0.4 is 5.32 Å².